The van der Waals surface area contributed by atoms with E-state index in [1.807, 2.05) is 37.3 Å². The number of nitrogens with two attached hydrogens (primary N) is 1. The van der Waals surface area contributed by atoms with Gasteiger partial charge in [0.1, 0.15) is 0 Å². The molecule has 2 aromatic carbocycles. The Morgan fingerprint density at radius 3 is 2.48 bits per heavy atom. The normalized spacial score (nSPS) is 13.2. The lowest BCUT2D eigenvalue weighted by molar-refractivity contribution is -0.128. The highest BCUT2D eigenvalue weighted by molar-refractivity contribution is 5.81. The molecule has 0 aliphatic carbocycles. The maximum Gasteiger partial charge on any atom is 0.261 e. The molecule has 0 aromatic heterocycles. The number of carbonyl (C=O) groups is 1. The van der Waals surface area contributed by atoms with Crippen LogP contribution in [0.4, 0.5) is 4.39 Å². The Hall–Kier alpha value is -2.40. The van der Waals surface area contributed by atoms with E-state index >= 15 is 0 Å². The first-order chi connectivity index (χ1) is 11.1. The smallest absolute Gasteiger partial charge is 0.261 e. The summed E-state index contributed by atoms with van der Waals surface area (Å²) in [7, 11) is 0. The molecule has 0 aliphatic heterocycles. The van der Waals surface area contributed by atoms with Crippen molar-refractivity contribution in [3.8, 4) is 5.75 Å². The number of hydrogen-bond acceptors (Lipinski definition) is 3. The summed E-state index contributed by atoms with van der Waals surface area (Å²) in [5, 5.41) is 2.76. The van der Waals surface area contributed by atoms with E-state index in [1.54, 1.807) is 12.1 Å². The summed E-state index contributed by atoms with van der Waals surface area (Å²) in [4.78, 5) is 12.2. The number of nitrogens with one attached hydrogen (secondary N) is 1. The van der Waals surface area contributed by atoms with Crippen LogP contribution in [0.2, 0.25) is 0 Å². The third-order valence-electron chi connectivity index (χ3n) is 3.49. The maximum atomic E-state index is 13.6. The molecule has 3 N–H and O–H groups in total. The van der Waals surface area contributed by atoms with Gasteiger partial charge in [-0.15, -0.1) is 0 Å². The molecular formula is C18H21FN2O2. The molecule has 2 atom stereocenters. The van der Waals surface area contributed by atoms with E-state index in [0.29, 0.717) is 13.0 Å². The van der Waals surface area contributed by atoms with Crippen LogP contribution in [-0.4, -0.2) is 18.6 Å². The van der Waals surface area contributed by atoms with Crippen molar-refractivity contribution in [2.75, 3.05) is 6.54 Å². The van der Waals surface area contributed by atoms with Crippen molar-refractivity contribution >= 4 is 5.91 Å². The van der Waals surface area contributed by atoms with Gasteiger partial charge < -0.3 is 15.8 Å². The molecule has 2 aromatic rings. The van der Waals surface area contributed by atoms with Gasteiger partial charge in [0.25, 0.3) is 5.91 Å². The minimum atomic E-state index is -0.755. The largest absolute Gasteiger partial charge is 0.478 e. The van der Waals surface area contributed by atoms with Gasteiger partial charge in [0.2, 0.25) is 0 Å². The number of amides is 1. The molecule has 0 heterocycles. The van der Waals surface area contributed by atoms with Crippen LogP contribution < -0.4 is 15.8 Å². The Morgan fingerprint density at radius 1 is 1.17 bits per heavy atom. The van der Waals surface area contributed by atoms with Crippen molar-refractivity contribution in [2.24, 2.45) is 5.73 Å². The molecule has 1 amide bonds. The predicted molar refractivity (Wildman–Crippen MR) is 87.5 cm³/mol. The average Bonchev–Trinajstić information content (AvgIpc) is 2.59. The lowest BCUT2D eigenvalue weighted by Gasteiger charge is -2.19. The fourth-order valence-electron chi connectivity index (χ4n) is 2.16. The molecule has 2 rings (SSSR count). The third kappa shape index (κ3) is 4.79. The molecule has 0 fully saturated rings. The second-order valence-electron chi connectivity index (χ2n) is 5.21. The Labute approximate surface area is 135 Å². The van der Waals surface area contributed by atoms with Crippen molar-refractivity contribution in [3.63, 3.8) is 0 Å². The van der Waals surface area contributed by atoms with E-state index in [0.717, 1.165) is 5.56 Å². The van der Waals surface area contributed by atoms with Crippen molar-refractivity contribution in [2.45, 2.75) is 25.5 Å². The Morgan fingerprint density at radius 2 is 1.83 bits per heavy atom. The Balaban J connectivity index is 1.91. The summed E-state index contributed by atoms with van der Waals surface area (Å²) in [5.74, 6) is -0.719. The number of ether oxygens (including phenoxy) is 1. The van der Waals surface area contributed by atoms with Gasteiger partial charge in [-0.3, -0.25) is 4.79 Å². The van der Waals surface area contributed by atoms with Gasteiger partial charge in [0.05, 0.1) is 0 Å². The van der Waals surface area contributed by atoms with Gasteiger partial charge in [0.15, 0.2) is 17.7 Å². The molecule has 122 valence electrons. The van der Waals surface area contributed by atoms with Crippen molar-refractivity contribution in [1.82, 2.24) is 5.32 Å². The molecule has 0 saturated carbocycles. The Kier molecular flexibility index (Phi) is 6.11. The number of halogens is 1. The summed E-state index contributed by atoms with van der Waals surface area (Å²) in [6.07, 6.45) is -0.323. The van der Waals surface area contributed by atoms with Crippen LogP contribution in [0, 0.1) is 5.82 Å². The fraction of sp³-hybridized carbons (Fsp3) is 0.278. The zero-order chi connectivity index (χ0) is 16.7. The SMILES string of the molecule is CCC(Oc1ccccc1F)C(=O)NCC(N)c1ccccc1. The molecule has 0 bridgehead atoms. The molecule has 0 radical (unpaired) electrons. The molecule has 23 heavy (non-hydrogen) atoms. The lowest BCUT2D eigenvalue weighted by atomic mass is 10.1. The van der Waals surface area contributed by atoms with E-state index in [4.69, 9.17) is 10.5 Å². The van der Waals surface area contributed by atoms with Crippen LogP contribution >= 0.6 is 0 Å². The first-order valence-corrected chi connectivity index (χ1v) is 7.61. The minimum absolute atomic E-state index is 0.0712. The van der Waals surface area contributed by atoms with Crippen molar-refractivity contribution < 1.29 is 13.9 Å². The molecule has 5 heteroatoms. The topological polar surface area (TPSA) is 64.3 Å². The van der Waals surface area contributed by atoms with E-state index in [9.17, 15) is 9.18 Å². The number of hydrogen-bond donors (Lipinski definition) is 2. The van der Waals surface area contributed by atoms with E-state index in [2.05, 4.69) is 5.32 Å². The first-order valence-electron chi connectivity index (χ1n) is 7.61. The zero-order valence-electron chi connectivity index (χ0n) is 13.0. The van der Waals surface area contributed by atoms with Crippen LogP contribution in [0.5, 0.6) is 5.75 Å². The highest BCUT2D eigenvalue weighted by Gasteiger charge is 2.20. The van der Waals surface area contributed by atoms with Gasteiger partial charge >= 0.3 is 0 Å². The summed E-state index contributed by atoms with van der Waals surface area (Å²) >= 11 is 0. The van der Waals surface area contributed by atoms with Gasteiger partial charge in [-0.05, 0) is 24.1 Å². The number of carbonyl (C=O) groups excluding carboxylic acids is 1. The highest BCUT2D eigenvalue weighted by atomic mass is 19.1. The molecule has 2 unspecified atom stereocenters. The lowest BCUT2D eigenvalue weighted by Crippen LogP contribution is -2.41. The second kappa shape index (κ2) is 8.29. The average molecular weight is 316 g/mol. The number of rotatable bonds is 7. The van der Waals surface area contributed by atoms with E-state index < -0.39 is 11.9 Å². The standard InChI is InChI=1S/C18H21FN2O2/c1-2-16(23-17-11-7-6-10-14(17)19)18(22)21-12-15(20)13-8-4-3-5-9-13/h3-11,15-16H,2,12,20H2,1H3,(H,21,22). The van der Waals surface area contributed by atoms with Gasteiger partial charge in [0, 0.05) is 12.6 Å². The monoisotopic (exact) mass is 316 g/mol. The number of para-hydroxylation sites is 1. The van der Waals surface area contributed by atoms with E-state index in [-0.39, 0.29) is 17.7 Å². The van der Waals surface area contributed by atoms with Gasteiger partial charge in [-0.25, -0.2) is 4.39 Å². The van der Waals surface area contributed by atoms with Crippen LogP contribution in [0.25, 0.3) is 0 Å². The fourth-order valence-corrected chi connectivity index (χ4v) is 2.16. The molecule has 0 spiro atoms. The molecular weight excluding hydrogens is 295 g/mol. The van der Waals surface area contributed by atoms with Crippen LogP contribution in [0.15, 0.2) is 54.6 Å². The van der Waals surface area contributed by atoms with Crippen LogP contribution in [0.3, 0.4) is 0 Å². The van der Waals surface area contributed by atoms with Crippen molar-refractivity contribution in [3.05, 3.63) is 66.0 Å². The van der Waals surface area contributed by atoms with E-state index in [1.165, 1.54) is 12.1 Å². The minimum Gasteiger partial charge on any atom is -0.478 e. The Bertz CT molecular complexity index is 634. The summed E-state index contributed by atoms with van der Waals surface area (Å²) in [6, 6.07) is 15.2. The quantitative estimate of drug-likeness (QED) is 0.825. The summed E-state index contributed by atoms with van der Waals surface area (Å²) in [6.45, 7) is 2.10. The maximum absolute atomic E-state index is 13.6. The molecule has 4 nitrogen and oxygen atoms in total. The highest BCUT2D eigenvalue weighted by Crippen LogP contribution is 2.18. The van der Waals surface area contributed by atoms with Crippen molar-refractivity contribution in [1.29, 1.82) is 0 Å². The number of benzene rings is 2. The molecule has 0 aliphatic rings. The van der Waals surface area contributed by atoms with Gasteiger partial charge in [-0.2, -0.15) is 0 Å². The predicted octanol–water partition coefficient (Wildman–Crippen LogP) is 2.80. The molecule has 0 saturated heterocycles. The van der Waals surface area contributed by atoms with Crippen LogP contribution in [0.1, 0.15) is 24.9 Å². The summed E-state index contributed by atoms with van der Waals surface area (Å²) < 4.78 is 19.1. The van der Waals surface area contributed by atoms with Gasteiger partial charge in [-0.1, -0.05) is 49.4 Å². The second-order valence-corrected chi connectivity index (χ2v) is 5.21. The first kappa shape index (κ1) is 17.0. The third-order valence-corrected chi connectivity index (χ3v) is 3.49. The van der Waals surface area contributed by atoms with Crippen LogP contribution in [-0.2, 0) is 4.79 Å². The zero-order valence-corrected chi connectivity index (χ0v) is 13.0. The summed E-state index contributed by atoms with van der Waals surface area (Å²) in [5.41, 5.74) is 6.99.